The van der Waals surface area contributed by atoms with Crippen molar-refractivity contribution in [3.05, 3.63) is 87.9 Å². The maximum absolute atomic E-state index is 14.1. The fourth-order valence-electron chi connectivity index (χ4n) is 5.04. The molecule has 3 aromatic rings. The number of hydrogen-bond donors (Lipinski definition) is 1. The lowest BCUT2D eigenvalue weighted by Gasteiger charge is -2.33. The number of ether oxygens (including phenoxy) is 1. The molecule has 42 heavy (non-hydrogen) atoms. The Hall–Kier alpha value is -3.08. The van der Waals surface area contributed by atoms with Crippen LogP contribution in [0, 0.1) is 0 Å². The molecule has 11 heteroatoms. The Labute approximate surface area is 261 Å². The SMILES string of the molecule is COc1ccc(N(CC(=O)N(Cc2cccc(Br)c2)C(C)C(=O)NC2CCCCC2)S(=O)(=O)c2ccccc2)cc1Cl. The molecule has 1 unspecified atom stereocenters. The summed E-state index contributed by atoms with van der Waals surface area (Å²) in [5, 5.41) is 3.30. The molecule has 1 atom stereocenters. The van der Waals surface area contributed by atoms with Gasteiger partial charge in [-0.3, -0.25) is 13.9 Å². The van der Waals surface area contributed by atoms with Gasteiger partial charge in [0, 0.05) is 17.1 Å². The zero-order valence-corrected chi connectivity index (χ0v) is 26.8. The number of benzene rings is 3. The number of rotatable bonds is 11. The molecule has 0 aromatic heterocycles. The predicted octanol–water partition coefficient (Wildman–Crippen LogP) is 6.17. The van der Waals surface area contributed by atoms with E-state index in [0.29, 0.717) is 5.75 Å². The molecule has 1 aliphatic rings. The first-order valence-corrected chi connectivity index (χ1v) is 16.5. The maximum Gasteiger partial charge on any atom is 0.264 e. The van der Waals surface area contributed by atoms with Crippen LogP contribution >= 0.6 is 27.5 Å². The molecule has 1 N–H and O–H groups in total. The van der Waals surface area contributed by atoms with Crippen LogP contribution in [0.1, 0.15) is 44.6 Å². The lowest BCUT2D eigenvalue weighted by Crippen LogP contribution is -2.53. The van der Waals surface area contributed by atoms with Crippen LogP contribution in [0.4, 0.5) is 5.69 Å². The average molecular weight is 677 g/mol. The third kappa shape index (κ3) is 7.85. The molecule has 0 bridgehead atoms. The van der Waals surface area contributed by atoms with Crippen molar-refractivity contribution in [1.29, 1.82) is 0 Å². The Bertz CT molecular complexity index is 1500. The number of sulfonamides is 1. The minimum absolute atomic E-state index is 0.0198. The normalized spacial score (nSPS) is 14.6. The number of carbonyl (C=O) groups is 2. The van der Waals surface area contributed by atoms with Crippen LogP contribution < -0.4 is 14.4 Å². The number of nitrogens with zero attached hydrogens (tertiary/aromatic N) is 2. The van der Waals surface area contributed by atoms with Gasteiger partial charge in [-0.05, 0) is 67.8 Å². The monoisotopic (exact) mass is 675 g/mol. The molecule has 0 saturated heterocycles. The van der Waals surface area contributed by atoms with Crippen molar-refractivity contribution >= 4 is 55.1 Å². The van der Waals surface area contributed by atoms with Gasteiger partial charge in [0.05, 0.1) is 22.7 Å². The summed E-state index contributed by atoms with van der Waals surface area (Å²) in [5.41, 5.74) is 0.986. The van der Waals surface area contributed by atoms with Gasteiger partial charge in [-0.2, -0.15) is 0 Å². The summed E-state index contributed by atoms with van der Waals surface area (Å²) < 4.78 is 34.9. The number of carbonyl (C=O) groups excluding carboxylic acids is 2. The second kappa shape index (κ2) is 14.4. The van der Waals surface area contributed by atoms with Crippen LogP contribution in [0.5, 0.6) is 5.75 Å². The van der Waals surface area contributed by atoms with Crippen molar-refractivity contribution in [2.75, 3.05) is 18.0 Å². The van der Waals surface area contributed by atoms with E-state index in [4.69, 9.17) is 16.3 Å². The first-order chi connectivity index (χ1) is 20.1. The van der Waals surface area contributed by atoms with Crippen molar-refractivity contribution in [3.8, 4) is 5.75 Å². The smallest absolute Gasteiger partial charge is 0.264 e. The van der Waals surface area contributed by atoms with Crippen LogP contribution in [0.2, 0.25) is 5.02 Å². The molecular weight excluding hydrogens is 642 g/mol. The summed E-state index contributed by atoms with van der Waals surface area (Å²) in [5.74, 6) is -0.434. The maximum atomic E-state index is 14.1. The summed E-state index contributed by atoms with van der Waals surface area (Å²) in [6, 6.07) is 19.1. The van der Waals surface area contributed by atoms with Gasteiger partial charge >= 0.3 is 0 Å². The van der Waals surface area contributed by atoms with Crippen molar-refractivity contribution < 1.29 is 22.7 Å². The van der Waals surface area contributed by atoms with Crippen molar-refractivity contribution in [2.24, 2.45) is 0 Å². The van der Waals surface area contributed by atoms with E-state index >= 15 is 0 Å². The van der Waals surface area contributed by atoms with Crippen LogP contribution in [-0.4, -0.2) is 50.9 Å². The highest BCUT2D eigenvalue weighted by Gasteiger charge is 2.33. The highest BCUT2D eigenvalue weighted by atomic mass is 79.9. The fraction of sp³-hybridized carbons (Fsp3) is 0.355. The summed E-state index contributed by atoms with van der Waals surface area (Å²) >= 11 is 9.85. The number of nitrogens with one attached hydrogen (secondary N) is 1. The third-order valence-electron chi connectivity index (χ3n) is 7.39. The average Bonchev–Trinajstić information content (AvgIpc) is 2.99. The standard InChI is InChI=1S/C31H35BrClN3O5S/c1-22(31(38)34-25-12-5-3-6-13-25)35(20-23-10-9-11-24(32)18-23)30(37)21-36(26-16-17-29(41-2)28(33)19-26)42(39,40)27-14-7-4-8-15-27/h4,7-11,14-19,22,25H,3,5-6,12-13,20-21H2,1-2H3,(H,34,38). The van der Waals surface area contributed by atoms with Gasteiger partial charge in [0.2, 0.25) is 11.8 Å². The van der Waals surface area contributed by atoms with E-state index in [2.05, 4.69) is 21.2 Å². The van der Waals surface area contributed by atoms with E-state index in [1.807, 2.05) is 24.3 Å². The number of amides is 2. The molecule has 4 rings (SSSR count). The molecule has 0 heterocycles. The van der Waals surface area contributed by atoms with E-state index < -0.39 is 28.5 Å². The Morgan fingerprint density at radius 3 is 2.38 bits per heavy atom. The topological polar surface area (TPSA) is 96.0 Å². The van der Waals surface area contributed by atoms with Crippen LogP contribution in [-0.2, 0) is 26.2 Å². The Kier molecular flexibility index (Phi) is 10.9. The summed E-state index contributed by atoms with van der Waals surface area (Å²) in [6.07, 6.45) is 5.06. The van der Waals surface area contributed by atoms with E-state index in [-0.39, 0.29) is 34.1 Å². The van der Waals surface area contributed by atoms with Crippen LogP contribution in [0.3, 0.4) is 0 Å². The van der Waals surface area contributed by atoms with Gasteiger partial charge < -0.3 is 15.0 Å². The molecule has 224 valence electrons. The first kappa shape index (κ1) is 31.8. The van der Waals surface area contributed by atoms with E-state index in [1.54, 1.807) is 31.2 Å². The number of halogens is 2. The van der Waals surface area contributed by atoms with Crippen LogP contribution in [0.25, 0.3) is 0 Å². The van der Waals surface area contributed by atoms with E-state index in [9.17, 15) is 18.0 Å². The molecule has 1 aliphatic carbocycles. The van der Waals surface area contributed by atoms with E-state index in [0.717, 1.165) is 46.4 Å². The Morgan fingerprint density at radius 1 is 1.02 bits per heavy atom. The fourth-order valence-corrected chi connectivity index (χ4v) is 7.17. The van der Waals surface area contributed by atoms with Gasteiger partial charge in [0.1, 0.15) is 18.3 Å². The highest BCUT2D eigenvalue weighted by Crippen LogP contribution is 2.32. The number of hydrogen-bond acceptors (Lipinski definition) is 5. The summed E-state index contributed by atoms with van der Waals surface area (Å²) in [7, 11) is -2.73. The van der Waals surface area contributed by atoms with Crippen molar-refractivity contribution in [1.82, 2.24) is 10.2 Å². The molecule has 0 radical (unpaired) electrons. The second-order valence-electron chi connectivity index (χ2n) is 10.3. The third-order valence-corrected chi connectivity index (χ3v) is 9.97. The molecular formula is C31H35BrClN3O5S. The predicted molar refractivity (Wildman–Crippen MR) is 168 cm³/mol. The molecule has 8 nitrogen and oxygen atoms in total. The highest BCUT2D eigenvalue weighted by molar-refractivity contribution is 9.10. The molecule has 0 aliphatic heterocycles. The lowest BCUT2D eigenvalue weighted by atomic mass is 9.95. The molecule has 1 fully saturated rings. The van der Waals surface area contributed by atoms with Gasteiger partial charge in [0.25, 0.3) is 10.0 Å². The van der Waals surface area contributed by atoms with Gasteiger partial charge in [0.15, 0.2) is 0 Å². The molecule has 2 amide bonds. The van der Waals surface area contributed by atoms with E-state index in [1.165, 1.54) is 36.3 Å². The largest absolute Gasteiger partial charge is 0.495 e. The minimum atomic E-state index is -4.19. The molecule has 0 spiro atoms. The zero-order valence-electron chi connectivity index (χ0n) is 23.6. The molecule has 3 aromatic carbocycles. The lowest BCUT2D eigenvalue weighted by molar-refractivity contribution is -0.139. The summed E-state index contributed by atoms with van der Waals surface area (Å²) in [4.78, 5) is 29.0. The number of methoxy groups -OCH3 is 1. The first-order valence-electron chi connectivity index (χ1n) is 13.9. The Morgan fingerprint density at radius 2 is 1.74 bits per heavy atom. The Balaban J connectivity index is 1.69. The zero-order chi connectivity index (χ0) is 30.3. The number of anilines is 1. The van der Waals surface area contributed by atoms with Gasteiger partial charge in [-0.1, -0.05) is 77.1 Å². The van der Waals surface area contributed by atoms with Gasteiger partial charge in [-0.25, -0.2) is 8.42 Å². The van der Waals surface area contributed by atoms with Gasteiger partial charge in [-0.15, -0.1) is 0 Å². The van der Waals surface area contributed by atoms with Crippen LogP contribution in [0.15, 0.2) is 82.2 Å². The van der Waals surface area contributed by atoms with Crippen molar-refractivity contribution in [3.63, 3.8) is 0 Å². The van der Waals surface area contributed by atoms with Crippen molar-refractivity contribution in [2.45, 2.75) is 62.6 Å². The minimum Gasteiger partial charge on any atom is -0.495 e. The quantitative estimate of drug-likeness (QED) is 0.262. The molecule has 1 saturated carbocycles. The summed E-state index contributed by atoms with van der Waals surface area (Å²) in [6.45, 7) is 1.24. The second-order valence-corrected chi connectivity index (χ2v) is 13.5.